The van der Waals surface area contributed by atoms with Gasteiger partial charge in [0.2, 0.25) is 0 Å². The van der Waals surface area contributed by atoms with E-state index in [0.29, 0.717) is 5.92 Å². The fraction of sp³-hybridized carbons (Fsp3) is 0.360. The van der Waals surface area contributed by atoms with E-state index in [2.05, 4.69) is 47.5 Å². The Balaban J connectivity index is 1.45. The Morgan fingerprint density at radius 3 is 2.62 bits per heavy atom. The average Bonchev–Trinajstić information content (AvgIpc) is 3.46. The first-order valence-electron chi connectivity index (χ1n) is 11.0. The van der Waals surface area contributed by atoms with Crippen LogP contribution in [0.4, 0.5) is 0 Å². The van der Waals surface area contributed by atoms with E-state index in [9.17, 15) is 9.59 Å². The second-order valence-corrected chi connectivity index (χ2v) is 9.86. The van der Waals surface area contributed by atoms with E-state index in [1.807, 2.05) is 20.2 Å². The molecule has 0 radical (unpaired) electrons. The number of benzene rings is 2. The van der Waals surface area contributed by atoms with Crippen molar-refractivity contribution in [3.8, 4) is 0 Å². The number of aryl methyl sites for hydroxylation is 3. The first kappa shape index (κ1) is 21.0. The van der Waals surface area contributed by atoms with Crippen LogP contribution in [0.3, 0.4) is 0 Å². The summed E-state index contributed by atoms with van der Waals surface area (Å²) in [5.74, 6) is 0.342. The topological polar surface area (TPSA) is 59.3 Å². The molecule has 0 saturated carbocycles. The van der Waals surface area contributed by atoms with Crippen molar-refractivity contribution >= 4 is 38.4 Å². The highest BCUT2D eigenvalue weighted by molar-refractivity contribution is 7.21. The van der Waals surface area contributed by atoms with Gasteiger partial charge in [-0.15, -0.1) is 11.3 Å². The van der Waals surface area contributed by atoms with E-state index >= 15 is 0 Å². The fourth-order valence-electron chi connectivity index (χ4n) is 5.07. The normalized spacial score (nSPS) is 16.9. The van der Waals surface area contributed by atoms with Crippen LogP contribution in [0.2, 0.25) is 0 Å². The van der Waals surface area contributed by atoms with Gasteiger partial charge in [0.1, 0.15) is 0 Å². The van der Waals surface area contributed by atoms with Gasteiger partial charge in [0, 0.05) is 44.9 Å². The molecule has 1 fully saturated rings. The Labute approximate surface area is 191 Å². The molecule has 2 aromatic heterocycles. The number of thiophene rings is 1. The zero-order chi connectivity index (χ0) is 22.6. The lowest BCUT2D eigenvalue weighted by Crippen LogP contribution is -2.22. The van der Waals surface area contributed by atoms with Crippen LogP contribution in [0.5, 0.6) is 0 Å². The second-order valence-electron chi connectivity index (χ2n) is 8.81. The lowest BCUT2D eigenvalue weighted by molar-refractivity contribution is 0.0966. The van der Waals surface area contributed by atoms with Gasteiger partial charge in [-0.3, -0.25) is 18.8 Å². The highest BCUT2D eigenvalue weighted by Crippen LogP contribution is 2.40. The number of likely N-dealkylation sites (tertiary alicyclic amines) is 1. The molecule has 6 nitrogen and oxygen atoms in total. The largest absolute Gasteiger partial charge is 0.354 e. The van der Waals surface area contributed by atoms with Crippen LogP contribution in [0.25, 0.3) is 21.1 Å². The SMILES string of the molecule is CNC(=O)c1sc2ccccc2c1C1CCN(Cc2cc3c(cc2C)n(C)c(=O)n3C)C1. The molecule has 5 rings (SSSR count). The number of amides is 1. The molecule has 1 unspecified atom stereocenters. The third-order valence-corrected chi connectivity index (χ3v) is 8.06. The number of fused-ring (bicyclic) bond motifs is 2. The van der Waals surface area contributed by atoms with E-state index < -0.39 is 0 Å². The molecule has 1 aliphatic rings. The van der Waals surface area contributed by atoms with Crippen LogP contribution < -0.4 is 11.0 Å². The number of hydrogen-bond donors (Lipinski definition) is 1. The van der Waals surface area contributed by atoms with Crippen LogP contribution in [0.15, 0.2) is 41.2 Å². The number of carbonyl (C=O) groups excluding carboxylic acids is 1. The van der Waals surface area contributed by atoms with Crippen molar-refractivity contribution in [3.05, 3.63) is 68.4 Å². The Hall–Kier alpha value is -2.90. The van der Waals surface area contributed by atoms with Crippen molar-refractivity contribution in [3.63, 3.8) is 0 Å². The Bertz CT molecular complexity index is 1410. The van der Waals surface area contributed by atoms with E-state index in [1.165, 1.54) is 26.8 Å². The van der Waals surface area contributed by atoms with E-state index in [-0.39, 0.29) is 11.6 Å². The summed E-state index contributed by atoms with van der Waals surface area (Å²) in [6.07, 6.45) is 1.04. The Kier molecular flexibility index (Phi) is 5.18. The van der Waals surface area contributed by atoms with Gasteiger partial charge in [0.05, 0.1) is 15.9 Å². The lowest BCUT2D eigenvalue weighted by Gasteiger charge is -2.18. The monoisotopic (exact) mass is 448 g/mol. The summed E-state index contributed by atoms with van der Waals surface area (Å²) in [5, 5.41) is 4.03. The third-order valence-electron chi connectivity index (χ3n) is 6.87. The molecule has 1 saturated heterocycles. The highest BCUT2D eigenvalue weighted by Gasteiger charge is 2.30. The number of hydrogen-bond acceptors (Lipinski definition) is 4. The van der Waals surface area contributed by atoms with Crippen LogP contribution in [0.1, 0.15) is 38.7 Å². The standard InChI is InChI=1S/C25H28N4O2S/c1-15-11-19-20(28(4)25(31)27(19)3)12-17(15)14-29-10-9-16(13-29)22-18-7-5-6-8-21(18)32-23(22)24(30)26-2/h5-8,11-12,16H,9-10,13-14H2,1-4H3,(H,26,30). The second kappa shape index (κ2) is 7.90. The molecule has 0 bridgehead atoms. The van der Waals surface area contributed by atoms with Gasteiger partial charge in [-0.05, 0) is 60.2 Å². The van der Waals surface area contributed by atoms with Crippen molar-refractivity contribution in [2.24, 2.45) is 14.1 Å². The molecule has 7 heteroatoms. The molecule has 32 heavy (non-hydrogen) atoms. The number of aromatic nitrogens is 2. The van der Waals surface area contributed by atoms with Gasteiger partial charge < -0.3 is 5.32 Å². The summed E-state index contributed by atoms with van der Waals surface area (Å²) >= 11 is 1.59. The first-order chi connectivity index (χ1) is 15.4. The molecule has 1 atom stereocenters. The van der Waals surface area contributed by atoms with Gasteiger partial charge in [-0.1, -0.05) is 18.2 Å². The van der Waals surface area contributed by atoms with Gasteiger partial charge in [-0.2, -0.15) is 0 Å². The summed E-state index contributed by atoms with van der Waals surface area (Å²) < 4.78 is 4.60. The molecule has 1 N–H and O–H groups in total. The molecule has 0 spiro atoms. The van der Waals surface area contributed by atoms with E-state index in [1.54, 1.807) is 27.5 Å². The van der Waals surface area contributed by atoms with Gasteiger partial charge in [0.25, 0.3) is 5.91 Å². The van der Waals surface area contributed by atoms with Crippen molar-refractivity contribution in [1.29, 1.82) is 0 Å². The highest BCUT2D eigenvalue weighted by atomic mass is 32.1. The van der Waals surface area contributed by atoms with Crippen molar-refractivity contribution in [1.82, 2.24) is 19.4 Å². The minimum atomic E-state index is 0.00357. The van der Waals surface area contributed by atoms with Crippen LogP contribution in [0, 0.1) is 6.92 Å². The molecule has 2 aromatic carbocycles. The number of nitrogens with zero attached hydrogens (tertiary/aromatic N) is 3. The third kappa shape index (κ3) is 3.27. The number of rotatable bonds is 4. The summed E-state index contributed by atoms with van der Waals surface area (Å²) in [5.41, 5.74) is 5.60. The Morgan fingerprint density at radius 2 is 1.88 bits per heavy atom. The smallest absolute Gasteiger partial charge is 0.328 e. The quantitative estimate of drug-likeness (QED) is 0.517. The van der Waals surface area contributed by atoms with Crippen molar-refractivity contribution in [2.75, 3.05) is 20.1 Å². The molecule has 1 amide bonds. The summed E-state index contributed by atoms with van der Waals surface area (Å²) in [4.78, 5) is 28.3. The molecular formula is C25H28N4O2S. The molecule has 3 heterocycles. The summed E-state index contributed by atoms with van der Waals surface area (Å²) in [7, 11) is 5.36. The predicted molar refractivity (Wildman–Crippen MR) is 131 cm³/mol. The van der Waals surface area contributed by atoms with Crippen LogP contribution >= 0.6 is 11.3 Å². The van der Waals surface area contributed by atoms with Gasteiger partial charge in [-0.25, -0.2) is 4.79 Å². The number of carbonyl (C=O) groups is 1. The van der Waals surface area contributed by atoms with Crippen molar-refractivity contribution in [2.45, 2.75) is 25.8 Å². The number of nitrogens with one attached hydrogen (secondary N) is 1. The van der Waals surface area contributed by atoms with E-state index in [0.717, 1.165) is 42.0 Å². The molecule has 166 valence electrons. The predicted octanol–water partition coefficient (Wildman–Crippen LogP) is 3.75. The fourth-order valence-corrected chi connectivity index (χ4v) is 6.30. The molecule has 1 aliphatic heterocycles. The minimum absolute atomic E-state index is 0.00357. The van der Waals surface area contributed by atoms with Crippen LogP contribution in [-0.4, -0.2) is 40.1 Å². The Morgan fingerprint density at radius 1 is 1.16 bits per heavy atom. The van der Waals surface area contributed by atoms with Crippen molar-refractivity contribution < 1.29 is 4.79 Å². The zero-order valence-corrected chi connectivity index (χ0v) is 19.8. The maximum Gasteiger partial charge on any atom is 0.328 e. The van der Waals surface area contributed by atoms with Crippen LogP contribution in [-0.2, 0) is 20.6 Å². The average molecular weight is 449 g/mol. The molecular weight excluding hydrogens is 420 g/mol. The lowest BCUT2D eigenvalue weighted by atomic mass is 9.95. The summed E-state index contributed by atoms with van der Waals surface area (Å²) in [6.45, 7) is 4.89. The number of imidazole rings is 1. The zero-order valence-electron chi connectivity index (χ0n) is 18.9. The van der Waals surface area contributed by atoms with E-state index in [4.69, 9.17) is 0 Å². The first-order valence-corrected chi connectivity index (χ1v) is 11.8. The summed E-state index contributed by atoms with van der Waals surface area (Å²) in [6, 6.07) is 12.6. The van der Waals surface area contributed by atoms with Gasteiger partial charge in [0.15, 0.2) is 0 Å². The molecule has 4 aromatic rings. The van der Waals surface area contributed by atoms with Gasteiger partial charge >= 0.3 is 5.69 Å². The minimum Gasteiger partial charge on any atom is -0.354 e. The maximum absolute atomic E-state index is 12.6. The maximum atomic E-state index is 12.6. The molecule has 0 aliphatic carbocycles.